The summed E-state index contributed by atoms with van der Waals surface area (Å²) in [5, 5.41) is 1.69. The molecular formula is C23H19N3O3. The lowest BCUT2D eigenvalue weighted by Gasteiger charge is -2.29. The zero-order chi connectivity index (χ0) is 20.0. The van der Waals surface area contributed by atoms with Crippen molar-refractivity contribution in [1.82, 2.24) is 4.98 Å². The van der Waals surface area contributed by atoms with Gasteiger partial charge in [-0.25, -0.2) is 9.96 Å². The number of amides is 2. The van der Waals surface area contributed by atoms with E-state index in [1.54, 1.807) is 23.5 Å². The maximum atomic E-state index is 13.5. The largest absolute Gasteiger partial charge is 0.273 e. The summed E-state index contributed by atoms with van der Waals surface area (Å²) in [6.45, 7) is 1.89. The highest BCUT2D eigenvalue weighted by molar-refractivity contribution is 6.24. The van der Waals surface area contributed by atoms with Crippen LogP contribution in [0.25, 0.3) is 0 Å². The Hall–Kier alpha value is -3.51. The van der Waals surface area contributed by atoms with Gasteiger partial charge in [0.15, 0.2) is 6.10 Å². The van der Waals surface area contributed by atoms with Gasteiger partial charge in [0.25, 0.3) is 5.91 Å². The van der Waals surface area contributed by atoms with Gasteiger partial charge in [0.05, 0.1) is 17.4 Å². The molecule has 0 aliphatic carbocycles. The fourth-order valence-corrected chi connectivity index (χ4v) is 4.16. The molecule has 29 heavy (non-hydrogen) atoms. The number of carbonyl (C=O) groups excluding carboxylic acids is 2. The van der Waals surface area contributed by atoms with Crippen molar-refractivity contribution in [3.05, 3.63) is 90.3 Å². The third-order valence-electron chi connectivity index (χ3n) is 5.53. The number of para-hydroxylation sites is 2. The summed E-state index contributed by atoms with van der Waals surface area (Å²) in [6.07, 6.45) is 2.51. The number of hydrogen-bond acceptors (Lipinski definition) is 5. The number of hydroxylamine groups is 1. The summed E-state index contributed by atoms with van der Waals surface area (Å²) < 4.78 is 0. The Morgan fingerprint density at radius 1 is 0.862 bits per heavy atom. The van der Waals surface area contributed by atoms with Crippen LogP contribution in [0.5, 0.6) is 0 Å². The van der Waals surface area contributed by atoms with Gasteiger partial charge < -0.3 is 0 Å². The number of rotatable bonds is 3. The monoisotopic (exact) mass is 385 g/mol. The summed E-state index contributed by atoms with van der Waals surface area (Å²) in [6, 6.07) is 20.2. The normalized spacial score (nSPS) is 23.6. The number of fused-ring (bicyclic) bond motifs is 1. The average molecular weight is 385 g/mol. The molecule has 2 aliphatic heterocycles. The second-order valence-electron chi connectivity index (χ2n) is 7.24. The van der Waals surface area contributed by atoms with Gasteiger partial charge in [0, 0.05) is 12.4 Å². The molecule has 2 fully saturated rings. The van der Waals surface area contributed by atoms with Crippen molar-refractivity contribution >= 4 is 23.2 Å². The number of aromatic nitrogens is 1. The molecule has 2 aromatic carbocycles. The van der Waals surface area contributed by atoms with E-state index >= 15 is 0 Å². The smallest absolute Gasteiger partial charge is 0.266 e. The molecule has 0 radical (unpaired) electrons. The molecule has 3 unspecified atom stereocenters. The number of anilines is 2. The molecule has 2 amide bonds. The van der Waals surface area contributed by atoms with Gasteiger partial charge in [-0.2, -0.15) is 0 Å². The molecule has 6 heteroatoms. The molecule has 3 heterocycles. The molecule has 3 aromatic rings. The fourth-order valence-electron chi connectivity index (χ4n) is 4.16. The van der Waals surface area contributed by atoms with Crippen LogP contribution in [0.2, 0.25) is 0 Å². The Morgan fingerprint density at radius 3 is 2.28 bits per heavy atom. The summed E-state index contributed by atoms with van der Waals surface area (Å²) in [5.74, 6) is -1.20. The molecule has 1 aromatic heterocycles. The van der Waals surface area contributed by atoms with Crippen molar-refractivity contribution in [2.45, 2.75) is 19.1 Å². The van der Waals surface area contributed by atoms with E-state index < -0.39 is 18.1 Å². The molecule has 6 nitrogen and oxygen atoms in total. The van der Waals surface area contributed by atoms with Gasteiger partial charge in [-0.1, -0.05) is 36.4 Å². The number of hydrogen-bond donors (Lipinski definition) is 0. The van der Waals surface area contributed by atoms with E-state index in [2.05, 4.69) is 4.98 Å². The van der Waals surface area contributed by atoms with Crippen molar-refractivity contribution in [3.63, 3.8) is 0 Å². The lowest BCUT2D eigenvalue weighted by molar-refractivity contribution is -0.126. The van der Waals surface area contributed by atoms with Crippen LogP contribution in [0.3, 0.4) is 0 Å². The van der Waals surface area contributed by atoms with Crippen molar-refractivity contribution in [2.75, 3.05) is 9.96 Å². The maximum Gasteiger partial charge on any atom is 0.266 e. The van der Waals surface area contributed by atoms with E-state index in [1.165, 1.54) is 4.90 Å². The number of benzene rings is 2. The highest BCUT2D eigenvalue weighted by atomic mass is 16.7. The maximum absolute atomic E-state index is 13.5. The van der Waals surface area contributed by atoms with Crippen LogP contribution in [-0.2, 0) is 14.4 Å². The zero-order valence-corrected chi connectivity index (χ0v) is 15.8. The van der Waals surface area contributed by atoms with Crippen LogP contribution < -0.4 is 9.96 Å². The van der Waals surface area contributed by atoms with Crippen molar-refractivity contribution < 1.29 is 14.4 Å². The Bertz CT molecular complexity index is 1070. The zero-order valence-electron chi connectivity index (χ0n) is 15.8. The molecule has 0 bridgehead atoms. The van der Waals surface area contributed by atoms with Crippen LogP contribution in [0.15, 0.2) is 79.1 Å². The second kappa shape index (κ2) is 6.83. The fraction of sp³-hybridized carbons (Fsp3) is 0.174. The molecule has 3 atom stereocenters. The Morgan fingerprint density at radius 2 is 1.55 bits per heavy atom. The molecule has 2 aliphatic rings. The Balaban J connectivity index is 1.60. The summed E-state index contributed by atoms with van der Waals surface area (Å²) in [7, 11) is 0. The van der Waals surface area contributed by atoms with E-state index in [-0.39, 0.29) is 11.8 Å². The van der Waals surface area contributed by atoms with Gasteiger partial charge in [0.2, 0.25) is 5.91 Å². The number of imide groups is 1. The van der Waals surface area contributed by atoms with Crippen molar-refractivity contribution in [3.8, 4) is 0 Å². The molecule has 0 spiro atoms. The van der Waals surface area contributed by atoms with Gasteiger partial charge in [-0.15, -0.1) is 0 Å². The predicted octanol–water partition coefficient (Wildman–Crippen LogP) is 3.44. The minimum Gasteiger partial charge on any atom is -0.273 e. The van der Waals surface area contributed by atoms with Gasteiger partial charge in [0.1, 0.15) is 5.92 Å². The topological polar surface area (TPSA) is 62.7 Å². The first-order valence-electron chi connectivity index (χ1n) is 9.51. The van der Waals surface area contributed by atoms with Crippen LogP contribution in [0, 0.1) is 12.8 Å². The highest BCUT2D eigenvalue weighted by Gasteiger charge is 2.60. The lowest BCUT2D eigenvalue weighted by Crippen LogP contribution is -2.37. The van der Waals surface area contributed by atoms with E-state index in [9.17, 15) is 9.59 Å². The SMILES string of the molecule is Cc1ccccc1N1C(=O)C2ON(c3ccccc3)C(c3ccncc3)C2C1=O. The molecule has 2 saturated heterocycles. The molecule has 0 saturated carbocycles. The van der Waals surface area contributed by atoms with Crippen molar-refractivity contribution in [2.24, 2.45) is 5.92 Å². The minimum absolute atomic E-state index is 0.241. The quantitative estimate of drug-likeness (QED) is 0.647. The first-order chi connectivity index (χ1) is 14.2. The van der Waals surface area contributed by atoms with E-state index in [1.807, 2.05) is 67.6 Å². The predicted molar refractivity (Wildman–Crippen MR) is 108 cm³/mol. The third kappa shape index (κ3) is 2.72. The van der Waals surface area contributed by atoms with Crippen molar-refractivity contribution in [1.29, 1.82) is 0 Å². The first kappa shape index (κ1) is 17.6. The van der Waals surface area contributed by atoms with Crippen LogP contribution in [0.4, 0.5) is 11.4 Å². The van der Waals surface area contributed by atoms with Gasteiger partial charge in [-0.05, 0) is 48.4 Å². The summed E-state index contributed by atoms with van der Waals surface area (Å²) >= 11 is 0. The summed E-state index contributed by atoms with van der Waals surface area (Å²) in [5.41, 5.74) is 3.16. The molecular weight excluding hydrogens is 366 g/mol. The number of pyridine rings is 1. The Kier molecular flexibility index (Phi) is 4.14. The van der Waals surface area contributed by atoms with E-state index in [0.717, 1.165) is 16.8 Å². The lowest BCUT2D eigenvalue weighted by atomic mass is 9.91. The van der Waals surface area contributed by atoms with Gasteiger partial charge >= 0.3 is 0 Å². The average Bonchev–Trinajstić information content (AvgIpc) is 3.26. The molecule has 0 N–H and O–H groups in total. The van der Waals surface area contributed by atoms with E-state index in [4.69, 9.17) is 4.84 Å². The molecule has 144 valence electrons. The third-order valence-corrected chi connectivity index (χ3v) is 5.53. The standard InChI is InChI=1S/C23H19N3O3/c1-15-7-5-6-10-18(15)25-22(27)19-20(16-11-13-24-14-12-16)26(29-21(19)23(25)28)17-8-3-2-4-9-17/h2-14,19-21H,1H3. The number of nitrogens with zero attached hydrogens (tertiary/aromatic N) is 3. The van der Waals surface area contributed by atoms with Crippen LogP contribution >= 0.6 is 0 Å². The number of carbonyl (C=O) groups is 2. The number of aryl methyl sites for hydroxylation is 1. The second-order valence-corrected chi connectivity index (χ2v) is 7.24. The Labute approximate surface area is 168 Å². The van der Waals surface area contributed by atoms with Gasteiger partial charge in [-0.3, -0.25) is 19.4 Å². The van der Waals surface area contributed by atoms with Crippen LogP contribution in [-0.4, -0.2) is 22.9 Å². The van der Waals surface area contributed by atoms with Crippen LogP contribution in [0.1, 0.15) is 17.2 Å². The summed E-state index contributed by atoms with van der Waals surface area (Å²) in [4.78, 5) is 38.2. The first-order valence-corrected chi connectivity index (χ1v) is 9.51. The molecule has 5 rings (SSSR count). The van der Waals surface area contributed by atoms with E-state index in [0.29, 0.717) is 5.69 Å². The minimum atomic E-state index is -0.861. The highest BCUT2D eigenvalue weighted by Crippen LogP contribution is 2.47.